The number of rotatable bonds is 5. The fraction of sp³-hybridized carbons (Fsp3) is 0.193. The third-order valence-electron chi connectivity index (χ3n) is 12.8. The molecule has 0 saturated heterocycles. The number of fused-ring (bicyclic) bond motifs is 7. The van der Waals surface area contributed by atoms with Crippen LogP contribution in [0.5, 0.6) is 0 Å². The minimum absolute atomic E-state index is 0.0250. The molecule has 290 valence electrons. The van der Waals surface area contributed by atoms with Crippen LogP contribution in [0.4, 0.5) is 17.1 Å². The number of anilines is 3. The normalized spacial score (nSPS) is 13.6. The molecule has 0 unspecified atom stereocenters. The van der Waals surface area contributed by atoms with Gasteiger partial charge in [-0.1, -0.05) is 183 Å². The maximum Gasteiger partial charge on any atom is 0.137 e. The lowest BCUT2D eigenvalue weighted by atomic mass is 9.74. The lowest BCUT2D eigenvalue weighted by Gasteiger charge is -2.31. The number of nitrogens with zero attached hydrogens (tertiary/aromatic N) is 1. The van der Waals surface area contributed by atoms with E-state index in [1.54, 1.807) is 0 Å². The second-order valence-corrected chi connectivity index (χ2v) is 19.0. The van der Waals surface area contributed by atoms with E-state index >= 15 is 0 Å². The first kappa shape index (κ1) is 36.9. The van der Waals surface area contributed by atoms with Crippen LogP contribution in [-0.4, -0.2) is 0 Å². The van der Waals surface area contributed by atoms with E-state index in [4.69, 9.17) is 4.42 Å². The molecule has 0 amide bonds. The molecule has 59 heavy (non-hydrogen) atoms. The quantitative estimate of drug-likeness (QED) is 0.173. The smallest absolute Gasteiger partial charge is 0.137 e. The summed E-state index contributed by atoms with van der Waals surface area (Å²) in [5.41, 5.74) is 18.0. The molecule has 0 N–H and O–H groups in total. The van der Waals surface area contributed by atoms with E-state index in [9.17, 15) is 0 Å². The van der Waals surface area contributed by atoms with Gasteiger partial charge in [-0.15, -0.1) is 0 Å². The Bertz CT molecular complexity index is 3080. The average molecular weight is 766 g/mol. The first-order valence-electron chi connectivity index (χ1n) is 21.0. The molecule has 8 aromatic carbocycles. The highest BCUT2D eigenvalue weighted by Gasteiger charge is 2.41. The van der Waals surface area contributed by atoms with Gasteiger partial charge in [-0.25, -0.2) is 0 Å². The summed E-state index contributed by atoms with van der Waals surface area (Å²) in [6.07, 6.45) is 0. The van der Waals surface area contributed by atoms with Crippen molar-refractivity contribution in [2.75, 3.05) is 4.90 Å². The lowest BCUT2D eigenvalue weighted by molar-refractivity contribution is 0.564. The van der Waals surface area contributed by atoms with Gasteiger partial charge in [-0.05, 0) is 108 Å². The second kappa shape index (κ2) is 13.3. The molecule has 9 aromatic rings. The van der Waals surface area contributed by atoms with Crippen LogP contribution in [0.1, 0.15) is 77.6 Å². The SMILES string of the molecule is CC(C)(C)c1cc(C(C)(C)C)c2c(c1)C(C)(C)c1cccc(-c3ccccc3N(c3ccc(-c4cccc5ccccc45)cc3)c3cccc4oc5ccccc5c34)c1-2. The molecule has 1 aromatic heterocycles. The van der Waals surface area contributed by atoms with Gasteiger partial charge in [0.25, 0.3) is 0 Å². The Morgan fingerprint density at radius 2 is 1.08 bits per heavy atom. The Balaban J connectivity index is 1.24. The van der Waals surface area contributed by atoms with Crippen molar-refractivity contribution < 1.29 is 4.42 Å². The Labute approximate surface area is 348 Å². The summed E-state index contributed by atoms with van der Waals surface area (Å²) in [5.74, 6) is 0. The van der Waals surface area contributed by atoms with E-state index < -0.39 is 0 Å². The molecule has 0 atom stereocenters. The number of para-hydroxylation sites is 2. The molecule has 0 saturated carbocycles. The number of hydrogen-bond donors (Lipinski definition) is 0. The Kier molecular flexibility index (Phi) is 8.34. The third kappa shape index (κ3) is 5.91. The van der Waals surface area contributed by atoms with Crippen LogP contribution in [0.25, 0.3) is 66.1 Å². The van der Waals surface area contributed by atoms with Crippen molar-refractivity contribution in [3.05, 3.63) is 186 Å². The molecule has 2 nitrogen and oxygen atoms in total. The molecule has 0 aliphatic heterocycles. The molecule has 10 rings (SSSR count). The molecule has 1 aliphatic rings. The first-order valence-corrected chi connectivity index (χ1v) is 21.0. The van der Waals surface area contributed by atoms with Crippen molar-refractivity contribution in [1.82, 2.24) is 0 Å². The van der Waals surface area contributed by atoms with Gasteiger partial charge in [-0.3, -0.25) is 0 Å². The van der Waals surface area contributed by atoms with Gasteiger partial charge in [-0.2, -0.15) is 0 Å². The fourth-order valence-electron chi connectivity index (χ4n) is 9.65. The zero-order valence-corrected chi connectivity index (χ0v) is 35.4. The van der Waals surface area contributed by atoms with Crippen LogP contribution < -0.4 is 4.90 Å². The maximum absolute atomic E-state index is 6.52. The van der Waals surface area contributed by atoms with Crippen LogP contribution in [-0.2, 0) is 16.2 Å². The summed E-state index contributed by atoms with van der Waals surface area (Å²) >= 11 is 0. The van der Waals surface area contributed by atoms with Crippen molar-refractivity contribution >= 4 is 49.8 Å². The monoisotopic (exact) mass is 765 g/mol. The topological polar surface area (TPSA) is 16.4 Å². The minimum Gasteiger partial charge on any atom is -0.456 e. The van der Waals surface area contributed by atoms with Crippen LogP contribution in [0.2, 0.25) is 0 Å². The van der Waals surface area contributed by atoms with Crippen LogP contribution >= 0.6 is 0 Å². The van der Waals surface area contributed by atoms with Crippen LogP contribution in [0.3, 0.4) is 0 Å². The van der Waals surface area contributed by atoms with E-state index in [2.05, 4.69) is 224 Å². The van der Waals surface area contributed by atoms with E-state index in [-0.39, 0.29) is 16.2 Å². The molecule has 1 aliphatic carbocycles. The fourth-order valence-corrected chi connectivity index (χ4v) is 9.65. The summed E-state index contributed by atoms with van der Waals surface area (Å²) in [4.78, 5) is 2.46. The lowest BCUT2D eigenvalue weighted by Crippen LogP contribution is -2.21. The van der Waals surface area contributed by atoms with Crippen molar-refractivity contribution in [3.63, 3.8) is 0 Å². The summed E-state index contributed by atoms with van der Waals surface area (Å²) < 4.78 is 6.52. The molecule has 2 heteroatoms. The molecule has 0 fully saturated rings. The largest absolute Gasteiger partial charge is 0.456 e. The second-order valence-electron chi connectivity index (χ2n) is 19.0. The molecule has 0 bridgehead atoms. The van der Waals surface area contributed by atoms with Crippen molar-refractivity contribution in [3.8, 4) is 33.4 Å². The summed E-state index contributed by atoms with van der Waals surface area (Å²) in [6, 6.07) is 60.2. The minimum atomic E-state index is -0.171. The van der Waals surface area contributed by atoms with Gasteiger partial charge in [0.05, 0.1) is 16.8 Å². The van der Waals surface area contributed by atoms with E-state index in [0.29, 0.717) is 0 Å². The molecule has 0 radical (unpaired) electrons. The average Bonchev–Trinajstić information content (AvgIpc) is 3.73. The van der Waals surface area contributed by atoms with Crippen molar-refractivity contribution in [2.24, 2.45) is 0 Å². The Hall–Kier alpha value is -6.38. The van der Waals surface area contributed by atoms with Crippen molar-refractivity contribution in [2.45, 2.75) is 71.6 Å². The van der Waals surface area contributed by atoms with E-state index in [1.807, 2.05) is 0 Å². The van der Waals surface area contributed by atoms with Crippen LogP contribution in [0, 0.1) is 0 Å². The summed E-state index contributed by atoms with van der Waals surface area (Å²) in [5, 5.41) is 4.71. The van der Waals surface area contributed by atoms with Crippen LogP contribution in [0.15, 0.2) is 168 Å². The third-order valence-corrected chi connectivity index (χ3v) is 12.8. The predicted molar refractivity (Wildman–Crippen MR) is 252 cm³/mol. The Morgan fingerprint density at radius 3 is 1.86 bits per heavy atom. The predicted octanol–water partition coefficient (Wildman–Crippen LogP) is 16.4. The van der Waals surface area contributed by atoms with Gasteiger partial charge < -0.3 is 9.32 Å². The first-order chi connectivity index (χ1) is 28.3. The molecular weight excluding hydrogens is 715 g/mol. The maximum atomic E-state index is 6.52. The van der Waals surface area contributed by atoms with E-state index in [1.165, 1.54) is 66.4 Å². The van der Waals surface area contributed by atoms with Gasteiger partial charge >= 0.3 is 0 Å². The number of furan rings is 1. The zero-order valence-electron chi connectivity index (χ0n) is 35.4. The highest BCUT2D eigenvalue weighted by Crippen LogP contribution is 2.57. The zero-order chi connectivity index (χ0) is 40.8. The number of benzene rings is 8. The summed E-state index contributed by atoms with van der Waals surface area (Å²) in [6.45, 7) is 19.0. The molecular formula is C57H51NO. The van der Waals surface area contributed by atoms with Gasteiger partial charge in [0.2, 0.25) is 0 Å². The standard InChI is InChI=1S/C57H51NO/c1-55(2,3)38-34-46(56(4,5)6)54-47(35-38)57(7,8)45-25-16-24-43(52(45)54)42-21-11-13-26-48(42)58(49-27-17-29-51-53(49)44-22-12-14-28-50(44)59-51)39-32-30-37(31-33-39)41-23-15-19-36-18-9-10-20-40(36)41/h9-35H,1-8H3. The Morgan fingerprint density at radius 1 is 0.475 bits per heavy atom. The summed E-state index contributed by atoms with van der Waals surface area (Å²) in [7, 11) is 0. The highest BCUT2D eigenvalue weighted by molar-refractivity contribution is 6.14. The van der Waals surface area contributed by atoms with Gasteiger partial charge in [0.15, 0.2) is 0 Å². The van der Waals surface area contributed by atoms with Gasteiger partial charge in [0, 0.05) is 22.1 Å². The number of hydrogen-bond acceptors (Lipinski definition) is 2. The van der Waals surface area contributed by atoms with Crippen molar-refractivity contribution in [1.29, 1.82) is 0 Å². The molecule has 0 spiro atoms. The molecule has 1 heterocycles. The highest BCUT2D eigenvalue weighted by atomic mass is 16.3. The van der Waals surface area contributed by atoms with Gasteiger partial charge in [0.1, 0.15) is 11.2 Å². The van der Waals surface area contributed by atoms with E-state index in [0.717, 1.165) is 39.0 Å².